The summed E-state index contributed by atoms with van der Waals surface area (Å²) in [6.45, 7) is 0. The van der Waals surface area contributed by atoms with E-state index in [0.717, 1.165) is 0 Å². The highest BCUT2D eigenvalue weighted by Gasteiger charge is 2.16. The zero-order chi connectivity index (χ0) is 14.4. The maximum atomic E-state index is 13.7. The van der Waals surface area contributed by atoms with E-state index < -0.39 is 5.82 Å². The van der Waals surface area contributed by atoms with Gasteiger partial charge in [0.1, 0.15) is 5.82 Å². The van der Waals surface area contributed by atoms with Gasteiger partial charge in [0.05, 0.1) is 31.2 Å². The number of hydrogen-bond acceptors (Lipinski definition) is 2. The van der Waals surface area contributed by atoms with Crippen molar-refractivity contribution >= 4 is 56.1 Å². The molecule has 0 aliphatic rings. The monoisotopic (exact) mass is 373 g/mol. The van der Waals surface area contributed by atoms with E-state index in [9.17, 15) is 4.39 Å². The lowest BCUT2D eigenvalue weighted by Gasteiger charge is -2.10. The summed E-state index contributed by atoms with van der Waals surface area (Å²) in [5.74, 6) is -0.303. The molecule has 2 N–H and O–H groups in total. The number of benzene rings is 2. The Bertz CT molecular complexity index is 832. The normalized spacial score (nSPS) is 11.2. The lowest BCUT2D eigenvalue weighted by molar-refractivity contribution is 0.629. The van der Waals surface area contributed by atoms with E-state index in [4.69, 9.17) is 28.9 Å². The molecule has 0 bridgehead atoms. The predicted octanol–water partition coefficient (Wildman–Crippen LogP) is 4.82. The van der Waals surface area contributed by atoms with Crippen LogP contribution in [0.2, 0.25) is 10.0 Å². The molecule has 102 valence electrons. The number of nitrogens with two attached hydrogens (primary N) is 1. The molecule has 0 spiro atoms. The third-order valence-electron chi connectivity index (χ3n) is 2.89. The van der Waals surface area contributed by atoms with E-state index in [1.54, 1.807) is 22.8 Å². The van der Waals surface area contributed by atoms with Gasteiger partial charge in [-0.25, -0.2) is 9.37 Å². The number of rotatable bonds is 1. The van der Waals surface area contributed by atoms with Gasteiger partial charge in [-0.2, -0.15) is 0 Å². The molecule has 3 rings (SSSR count). The maximum absolute atomic E-state index is 13.7. The summed E-state index contributed by atoms with van der Waals surface area (Å²) in [4.78, 5) is 4.19. The van der Waals surface area contributed by atoms with Crippen LogP contribution in [0.25, 0.3) is 16.7 Å². The third-order valence-corrected chi connectivity index (χ3v) is 4.56. The molecule has 0 saturated heterocycles. The topological polar surface area (TPSA) is 43.8 Å². The zero-order valence-corrected chi connectivity index (χ0v) is 13.0. The first-order valence-corrected chi connectivity index (χ1v) is 7.11. The number of fused-ring (bicyclic) bond motifs is 1. The van der Waals surface area contributed by atoms with Crippen LogP contribution in [0.15, 0.2) is 34.8 Å². The summed E-state index contributed by atoms with van der Waals surface area (Å²) in [6.07, 6.45) is 0. The average molecular weight is 375 g/mol. The molecular weight excluding hydrogens is 368 g/mol. The molecule has 0 saturated carbocycles. The average Bonchev–Trinajstić information content (AvgIpc) is 2.69. The highest BCUT2D eigenvalue weighted by Crippen LogP contribution is 2.34. The number of hydrogen-bond donors (Lipinski definition) is 1. The second kappa shape index (κ2) is 4.91. The van der Waals surface area contributed by atoms with Crippen LogP contribution < -0.4 is 5.73 Å². The molecule has 7 heteroatoms. The number of nitrogen functional groups attached to an aromatic ring is 1. The van der Waals surface area contributed by atoms with Gasteiger partial charge in [0.25, 0.3) is 0 Å². The Morgan fingerprint density at radius 3 is 2.70 bits per heavy atom. The first-order valence-electron chi connectivity index (χ1n) is 5.56. The summed E-state index contributed by atoms with van der Waals surface area (Å²) >= 11 is 15.2. The fourth-order valence-electron chi connectivity index (χ4n) is 2.01. The molecule has 1 heterocycles. The standard InChI is InChI=1S/C13H7BrCl2FN3/c14-12-6(15)2-1-3-10(12)20-11-5-8(17)7(16)4-9(11)19-13(20)18/h1-5H,(H2,18,19). The fourth-order valence-corrected chi connectivity index (χ4v) is 2.78. The Balaban J connectivity index is 2.39. The Labute approximate surface area is 132 Å². The number of nitrogens with zero attached hydrogens (tertiary/aromatic N) is 2. The molecule has 0 aliphatic carbocycles. The van der Waals surface area contributed by atoms with Crippen molar-refractivity contribution in [1.82, 2.24) is 9.55 Å². The van der Waals surface area contributed by atoms with E-state index >= 15 is 0 Å². The Hall–Kier alpha value is -1.30. The van der Waals surface area contributed by atoms with Crippen molar-refractivity contribution in [3.8, 4) is 5.69 Å². The van der Waals surface area contributed by atoms with Crippen molar-refractivity contribution in [2.45, 2.75) is 0 Å². The number of aromatic nitrogens is 2. The van der Waals surface area contributed by atoms with Gasteiger partial charge in [-0.1, -0.05) is 29.3 Å². The van der Waals surface area contributed by atoms with Crippen LogP contribution >= 0.6 is 39.1 Å². The lowest BCUT2D eigenvalue weighted by Crippen LogP contribution is -2.01. The van der Waals surface area contributed by atoms with E-state index in [-0.39, 0.29) is 11.0 Å². The third kappa shape index (κ3) is 2.06. The molecular formula is C13H7BrCl2FN3. The van der Waals surface area contributed by atoms with Gasteiger partial charge in [-0.15, -0.1) is 0 Å². The Morgan fingerprint density at radius 1 is 1.20 bits per heavy atom. The molecule has 0 amide bonds. The second-order valence-corrected chi connectivity index (χ2v) is 5.74. The van der Waals surface area contributed by atoms with Gasteiger partial charge < -0.3 is 5.73 Å². The first kappa shape index (κ1) is 13.7. The SMILES string of the molecule is Nc1nc2cc(Cl)c(F)cc2n1-c1cccc(Cl)c1Br. The van der Waals surface area contributed by atoms with E-state index in [2.05, 4.69) is 20.9 Å². The van der Waals surface area contributed by atoms with E-state index in [1.807, 2.05) is 0 Å². The first-order chi connectivity index (χ1) is 9.49. The summed E-state index contributed by atoms with van der Waals surface area (Å²) in [6, 6.07) is 8.06. The highest BCUT2D eigenvalue weighted by atomic mass is 79.9. The van der Waals surface area contributed by atoms with Gasteiger partial charge in [-0.05, 0) is 34.1 Å². The molecule has 20 heavy (non-hydrogen) atoms. The minimum absolute atomic E-state index is 0.00677. The van der Waals surface area contributed by atoms with E-state index in [1.165, 1.54) is 12.1 Å². The minimum atomic E-state index is -0.529. The van der Waals surface area contributed by atoms with Crippen LogP contribution in [-0.4, -0.2) is 9.55 Å². The van der Waals surface area contributed by atoms with Crippen LogP contribution in [0.4, 0.5) is 10.3 Å². The van der Waals surface area contributed by atoms with Crippen molar-refractivity contribution in [1.29, 1.82) is 0 Å². The molecule has 0 aliphatic heterocycles. The maximum Gasteiger partial charge on any atom is 0.205 e. The smallest absolute Gasteiger partial charge is 0.205 e. The number of anilines is 1. The minimum Gasteiger partial charge on any atom is -0.369 e. The molecule has 2 aromatic carbocycles. The summed E-state index contributed by atoms with van der Waals surface area (Å²) in [7, 11) is 0. The van der Waals surface area contributed by atoms with Crippen LogP contribution in [0.1, 0.15) is 0 Å². The summed E-state index contributed by atoms with van der Waals surface area (Å²) in [5, 5.41) is 0.533. The second-order valence-electron chi connectivity index (χ2n) is 4.13. The molecule has 0 unspecified atom stereocenters. The van der Waals surface area contributed by atoms with Crippen molar-refractivity contribution < 1.29 is 4.39 Å². The Morgan fingerprint density at radius 2 is 1.95 bits per heavy atom. The Kier molecular flexibility index (Phi) is 3.36. The predicted molar refractivity (Wildman–Crippen MR) is 83.2 cm³/mol. The van der Waals surface area contributed by atoms with Gasteiger partial charge in [0.2, 0.25) is 5.95 Å². The molecule has 0 fully saturated rings. The summed E-state index contributed by atoms with van der Waals surface area (Å²) < 4.78 is 16.0. The van der Waals surface area contributed by atoms with Gasteiger partial charge in [0, 0.05) is 6.07 Å². The lowest BCUT2D eigenvalue weighted by atomic mass is 10.2. The molecule has 3 aromatic rings. The van der Waals surface area contributed by atoms with Crippen molar-refractivity contribution in [3.05, 3.63) is 50.7 Å². The van der Waals surface area contributed by atoms with Crippen LogP contribution in [0.5, 0.6) is 0 Å². The van der Waals surface area contributed by atoms with Crippen LogP contribution in [0.3, 0.4) is 0 Å². The molecule has 1 aromatic heterocycles. The van der Waals surface area contributed by atoms with Crippen molar-refractivity contribution in [3.63, 3.8) is 0 Å². The highest BCUT2D eigenvalue weighted by molar-refractivity contribution is 9.10. The van der Waals surface area contributed by atoms with Crippen molar-refractivity contribution in [2.75, 3.05) is 5.73 Å². The van der Waals surface area contributed by atoms with E-state index in [0.29, 0.717) is 26.2 Å². The zero-order valence-electron chi connectivity index (χ0n) is 9.87. The number of halogens is 4. The fraction of sp³-hybridized carbons (Fsp3) is 0. The van der Waals surface area contributed by atoms with Gasteiger partial charge >= 0.3 is 0 Å². The molecule has 3 nitrogen and oxygen atoms in total. The van der Waals surface area contributed by atoms with Gasteiger partial charge in [0.15, 0.2) is 0 Å². The van der Waals surface area contributed by atoms with Crippen molar-refractivity contribution in [2.24, 2.45) is 0 Å². The number of imidazole rings is 1. The molecule has 0 radical (unpaired) electrons. The molecule has 0 atom stereocenters. The quantitative estimate of drug-likeness (QED) is 0.663. The van der Waals surface area contributed by atoms with Crippen LogP contribution in [0, 0.1) is 5.82 Å². The van der Waals surface area contributed by atoms with Gasteiger partial charge in [-0.3, -0.25) is 4.57 Å². The summed E-state index contributed by atoms with van der Waals surface area (Å²) in [5.41, 5.74) is 7.64. The van der Waals surface area contributed by atoms with Crippen LogP contribution in [-0.2, 0) is 0 Å². The largest absolute Gasteiger partial charge is 0.369 e.